The van der Waals surface area contributed by atoms with Gasteiger partial charge in [-0.15, -0.1) is 0 Å². The van der Waals surface area contributed by atoms with Crippen LogP contribution in [0.5, 0.6) is 0 Å². The number of rotatable bonds is 1. The van der Waals surface area contributed by atoms with Crippen molar-refractivity contribution in [3.63, 3.8) is 0 Å². The molecule has 2 heteroatoms. The highest BCUT2D eigenvalue weighted by atomic mass is 35.5. The molecule has 0 fully saturated rings. The average Bonchev–Trinajstić information content (AvgIpc) is 2.74. The monoisotopic (exact) mass is 242 g/mol. The number of benzene rings is 2. The van der Waals surface area contributed by atoms with E-state index in [9.17, 15) is 0 Å². The maximum atomic E-state index is 6.04. The fourth-order valence-electron chi connectivity index (χ4n) is 2.03. The maximum Gasteiger partial charge on any atom is 0.137 e. The normalized spacial score (nSPS) is 10.9. The van der Waals surface area contributed by atoms with Crippen LogP contribution in [0.25, 0.3) is 22.3 Å². The molecule has 84 valence electrons. The molecule has 17 heavy (non-hydrogen) atoms. The third-order valence-corrected chi connectivity index (χ3v) is 3.04. The minimum atomic E-state index is 0.746. The molecule has 0 aliphatic heterocycles. The van der Waals surface area contributed by atoms with Gasteiger partial charge < -0.3 is 4.42 Å². The van der Waals surface area contributed by atoms with Crippen molar-refractivity contribution in [2.75, 3.05) is 0 Å². The number of furan rings is 1. The molecule has 0 saturated carbocycles. The zero-order valence-electron chi connectivity index (χ0n) is 9.41. The topological polar surface area (TPSA) is 13.1 Å². The summed E-state index contributed by atoms with van der Waals surface area (Å²) >= 11 is 6.04. The summed E-state index contributed by atoms with van der Waals surface area (Å²) in [6.07, 6.45) is 0. The van der Waals surface area contributed by atoms with Crippen molar-refractivity contribution in [2.45, 2.75) is 6.92 Å². The molecule has 0 N–H and O–H groups in total. The van der Waals surface area contributed by atoms with Crippen LogP contribution in [-0.4, -0.2) is 0 Å². The van der Waals surface area contributed by atoms with Crippen LogP contribution >= 0.6 is 11.6 Å². The second-order valence-electron chi connectivity index (χ2n) is 4.12. The van der Waals surface area contributed by atoms with Crippen LogP contribution in [0.2, 0.25) is 5.02 Å². The molecule has 0 amide bonds. The van der Waals surface area contributed by atoms with Gasteiger partial charge in [0, 0.05) is 16.0 Å². The quantitative estimate of drug-likeness (QED) is 0.581. The lowest BCUT2D eigenvalue weighted by Gasteiger charge is -1.96. The Kier molecular flexibility index (Phi) is 2.41. The molecule has 0 unspecified atom stereocenters. The van der Waals surface area contributed by atoms with Crippen LogP contribution in [-0.2, 0) is 0 Å². The van der Waals surface area contributed by atoms with E-state index in [0.29, 0.717) is 0 Å². The molecule has 2 aromatic carbocycles. The molecule has 0 aliphatic rings. The molecule has 1 heterocycles. The molecule has 0 saturated heterocycles. The van der Waals surface area contributed by atoms with Gasteiger partial charge >= 0.3 is 0 Å². The van der Waals surface area contributed by atoms with E-state index in [-0.39, 0.29) is 0 Å². The molecule has 0 radical (unpaired) electrons. The molecule has 0 atom stereocenters. The summed E-state index contributed by atoms with van der Waals surface area (Å²) in [6, 6.07) is 16.0. The largest absolute Gasteiger partial charge is 0.456 e. The molecule has 3 rings (SSSR count). The van der Waals surface area contributed by atoms with E-state index < -0.39 is 0 Å². The summed E-state index contributed by atoms with van der Waals surface area (Å²) < 4.78 is 5.88. The fraction of sp³-hybridized carbons (Fsp3) is 0.0667. The summed E-state index contributed by atoms with van der Waals surface area (Å²) in [5.41, 5.74) is 3.06. The first kappa shape index (κ1) is 10.4. The molecule has 1 nitrogen and oxygen atoms in total. The Morgan fingerprint density at radius 2 is 1.76 bits per heavy atom. The summed E-state index contributed by atoms with van der Waals surface area (Å²) in [5, 5.41) is 1.80. The van der Waals surface area contributed by atoms with Gasteiger partial charge in [-0.25, -0.2) is 0 Å². The van der Waals surface area contributed by atoms with Gasteiger partial charge in [0.2, 0.25) is 0 Å². The van der Waals surface area contributed by atoms with Crippen LogP contribution in [0.1, 0.15) is 5.56 Å². The highest BCUT2D eigenvalue weighted by Crippen LogP contribution is 2.31. The lowest BCUT2D eigenvalue weighted by molar-refractivity contribution is 0.629. The van der Waals surface area contributed by atoms with Gasteiger partial charge in [-0.3, -0.25) is 0 Å². The second kappa shape index (κ2) is 3.94. The van der Waals surface area contributed by atoms with Crippen molar-refractivity contribution in [3.05, 3.63) is 59.1 Å². The van der Waals surface area contributed by atoms with Crippen molar-refractivity contribution in [1.82, 2.24) is 0 Å². The average molecular weight is 243 g/mol. The van der Waals surface area contributed by atoms with Gasteiger partial charge in [0.1, 0.15) is 11.3 Å². The Labute approximate surface area is 105 Å². The van der Waals surface area contributed by atoms with Gasteiger partial charge in [-0.05, 0) is 30.7 Å². The second-order valence-corrected chi connectivity index (χ2v) is 4.55. The van der Waals surface area contributed by atoms with Crippen LogP contribution in [0.15, 0.2) is 52.9 Å². The summed E-state index contributed by atoms with van der Waals surface area (Å²) in [4.78, 5) is 0. The smallest absolute Gasteiger partial charge is 0.137 e. The van der Waals surface area contributed by atoms with Gasteiger partial charge in [-0.2, -0.15) is 0 Å². The summed E-state index contributed by atoms with van der Waals surface area (Å²) in [6.45, 7) is 2.01. The third kappa shape index (κ3) is 1.83. The van der Waals surface area contributed by atoms with Crippen LogP contribution in [0.3, 0.4) is 0 Å². The minimum absolute atomic E-state index is 0.746. The third-order valence-electron chi connectivity index (χ3n) is 2.83. The van der Waals surface area contributed by atoms with Crippen molar-refractivity contribution in [1.29, 1.82) is 0 Å². The first-order valence-corrected chi connectivity index (χ1v) is 5.87. The molecule has 1 aromatic heterocycles. The Morgan fingerprint density at radius 1 is 1.00 bits per heavy atom. The standard InChI is InChI=1S/C15H11ClO/c1-10-7-13(16)8-12-9-14(17-15(10)12)11-5-3-2-4-6-11/h2-9H,1H3. The van der Waals surface area contributed by atoms with E-state index in [1.54, 1.807) is 0 Å². The zero-order chi connectivity index (χ0) is 11.8. The van der Waals surface area contributed by atoms with E-state index in [1.165, 1.54) is 0 Å². The molecular formula is C15H11ClO. The molecular weight excluding hydrogens is 232 g/mol. The van der Waals surface area contributed by atoms with Crippen LogP contribution in [0, 0.1) is 6.92 Å². The highest BCUT2D eigenvalue weighted by Gasteiger charge is 2.08. The predicted molar refractivity (Wildman–Crippen MR) is 71.4 cm³/mol. The predicted octanol–water partition coefficient (Wildman–Crippen LogP) is 5.06. The Balaban J connectivity index is 2.24. The van der Waals surface area contributed by atoms with E-state index >= 15 is 0 Å². The minimum Gasteiger partial charge on any atom is -0.456 e. The van der Waals surface area contributed by atoms with Crippen LogP contribution < -0.4 is 0 Å². The first-order valence-electron chi connectivity index (χ1n) is 5.49. The SMILES string of the molecule is Cc1cc(Cl)cc2cc(-c3ccccc3)oc12. The number of hydrogen-bond donors (Lipinski definition) is 0. The maximum absolute atomic E-state index is 6.04. The van der Waals surface area contributed by atoms with E-state index in [4.69, 9.17) is 16.0 Å². The van der Waals surface area contributed by atoms with Gasteiger partial charge in [0.15, 0.2) is 0 Å². The van der Waals surface area contributed by atoms with Crippen molar-refractivity contribution < 1.29 is 4.42 Å². The first-order chi connectivity index (χ1) is 8.24. The van der Waals surface area contributed by atoms with E-state index in [2.05, 4.69) is 0 Å². The molecule has 0 bridgehead atoms. The van der Waals surface area contributed by atoms with Gasteiger partial charge in [-0.1, -0.05) is 41.9 Å². The highest BCUT2D eigenvalue weighted by molar-refractivity contribution is 6.31. The van der Waals surface area contributed by atoms with Crippen LogP contribution in [0.4, 0.5) is 0 Å². The van der Waals surface area contributed by atoms with Crippen molar-refractivity contribution in [3.8, 4) is 11.3 Å². The van der Waals surface area contributed by atoms with Crippen molar-refractivity contribution >= 4 is 22.6 Å². The summed E-state index contributed by atoms with van der Waals surface area (Å²) in [5.74, 6) is 0.881. The zero-order valence-corrected chi connectivity index (χ0v) is 10.2. The lowest BCUT2D eigenvalue weighted by atomic mass is 10.1. The summed E-state index contributed by atoms with van der Waals surface area (Å²) in [7, 11) is 0. The molecule has 3 aromatic rings. The van der Waals surface area contributed by atoms with E-state index in [0.717, 1.165) is 32.9 Å². The Hall–Kier alpha value is -1.73. The van der Waals surface area contributed by atoms with Gasteiger partial charge in [0.05, 0.1) is 0 Å². The van der Waals surface area contributed by atoms with Gasteiger partial charge in [0.25, 0.3) is 0 Å². The Bertz CT molecular complexity index is 668. The number of halogens is 1. The van der Waals surface area contributed by atoms with Crippen molar-refractivity contribution in [2.24, 2.45) is 0 Å². The number of fused-ring (bicyclic) bond motifs is 1. The molecule has 0 spiro atoms. The van der Waals surface area contributed by atoms with E-state index in [1.807, 2.05) is 55.5 Å². The lowest BCUT2D eigenvalue weighted by Crippen LogP contribution is -1.72. The number of hydrogen-bond acceptors (Lipinski definition) is 1. The fourth-order valence-corrected chi connectivity index (χ4v) is 2.31. The Morgan fingerprint density at radius 3 is 2.53 bits per heavy atom. The number of aryl methyl sites for hydroxylation is 1. The molecule has 0 aliphatic carbocycles.